The van der Waals surface area contributed by atoms with Crippen LogP contribution in [-0.4, -0.2) is 60.6 Å². The number of hydrogen-bond donors (Lipinski definition) is 1. The first kappa shape index (κ1) is 32.1. The second-order valence-electron chi connectivity index (χ2n) is 17.4. The van der Waals surface area contributed by atoms with E-state index in [-0.39, 0.29) is 63.5 Å². The van der Waals surface area contributed by atoms with Gasteiger partial charge in [-0.05, 0) is 116 Å². The van der Waals surface area contributed by atoms with Crippen LogP contribution >= 0.6 is 0 Å². The largest absolute Gasteiger partial charge is 0.462 e. The van der Waals surface area contributed by atoms with E-state index in [0.717, 1.165) is 76.5 Å². The zero-order valence-corrected chi connectivity index (χ0v) is 28.9. The van der Waals surface area contributed by atoms with Crippen LogP contribution in [0.15, 0.2) is 11.1 Å². The van der Waals surface area contributed by atoms with Gasteiger partial charge in [-0.3, -0.25) is 9.59 Å². The summed E-state index contributed by atoms with van der Waals surface area (Å²) in [4.78, 5) is 41.5. The molecule has 5 fully saturated rings. The molecule has 1 saturated heterocycles. The molecule has 7 heteroatoms. The first-order chi connectivity index (χ1) is 20.5. The summed E-state index contributed by atoms with van der Waals surface area (Å²) in [5, 5.41) is 3.37. The Bertz CT molecular complexity index is 1260. The summed E-state index contributed by atoms with van der Waals surface area (Å²) in [6, 6.07) is 0. The van der Waals surface area contributed by atoms with Gasteiger partial charge in [0.25, 0.3) is 0 Å². The fourth-order valence-corrected chi connectivity index (χ4v) is 12.5. The van der Waals surface area contributed by atoms with E-state index in [4.69, 9.17) is 9.47 Å². The highest BCUT2D eigenvalue weighted by Gasteiger charge is 2.70. The number of ether oxygens (including phenoxy) is 2. The summed E-state index contributed by atoms with van der Waals surface area (Å²) >= 11 is 0. The standard InChI is InChI=1S/C37H58N2O5/c1-22(2)30-26(41)20-37(38-32(42)44-24-14-19-39(9)21-24)18-17-35(7)25(31(30)37)10-11-28-34(6)15-13-29(43-23(3)40)33(4,5)27(34)12-16-36(28,35)8/h22,24-25,27-29H,10-21H2,1-9H3,(H,38,42)/t24-,25?,27?,28?,29+,34+,35-,36-,37-/m1/s1. The van der Waals surface area contributed by atoms with Crippen molar-refractivity contribution in [2.75, 3.05) is 20.1 Å². The van der Waals surface area contributed by atoms with Gasteiger partial charge in [-0.1, -0.05) is 48.5 Å². The molecule has 246 valence electrons. The van der Waals surface area contributed by atoms with Crippen LogP contribution in [0.2, 0.25) is 0 Å². The van der Waals surface area contributed by atoms with E-state index in [1.165, 1.54) is 5.57 Å². The van der Waals surface area contributed by atoms with Gasteiger partial charge in [-0.15, -0.1) is 0 Å². The number of carbonyl (C=O) groups is 3. The highest BCUT2D eigenvalue weighted by Crippen LogP contribution is 2.75. The Morgan fingerprint density at radius 3 is 2.25 bits per heavy atom. The number of ketones is 1. The molecular formula is C37H58N2O5. The zero-order valence-electron chi connectivity index (χ0n) is 28.9. The average molecular weight is 611 g/mol. The van der Waals surface area contributed by atoms with Gasteiger partial charge in [0, 0.05) is 31.8 Å². The Morgan fingerprint density at radius 2 is 1.61 bits per heavy atom. The van der Waals surface area contributed by atoms with E-state index in [1.54, 1.807) is 6.92 Å². The first-order valence-corrected chi connectivity index (χ1v) is 17.6. The molecule has 0 aromatic rings. The molecule has 0 bridgehead atoms. The number of nitrogens with zero attached hydrogens (tertiary/aromatic N) is 1. The number of likely N-dealkylation sites (N-methyl/N-ethyl adjacent to an activating group) is 1. The van der Waals surface area contributed by atoms with Crippen molar-refractivity contribution in [2.45, 2.75) is 137 Å². The van der Waals surface area contributed by atoms with Crippen molar-refractivity contribution >= 4 is 17.8 Å². The second kappa shape index (κ2) is 10.6. The summed E-state index contributed by atoms with van der Waals surface area (Å²) in [7, 11) is 2.06. The molecule has 1 amide bonds. The number of amides is 1. The minimum atomic E-state index is -0.628. The molecule has 3 unspecified atom stereocenters. The average Bonchev–Trinajstić information content (AvgIpc) is 3.45. The molecule has 0 aromatic carbocycles. The lowest BCUT2D eigenvalue weighted by molar-refractivity contribution is -0.231. The van der Waals surface area contributed by atoms with Crippen LogP contribution in [0.25, 0.3) is 0 Å². The maximum atomic E-state index is 13.8. The van der Waals surface area contributed by atoms with Crippen LogP contribution in [0.3, 0.4) is 0 Å². The normalized spacial score (nSPS) is 44.9. The highest BCUT2D eigenvalue weighted by molar-refractivity contribution is 6.02. The predicted octanol–water partition coefficient (Wildman–Crippen LogP) is 7.08. The SMILES string of the molecule is CC(=O)O[C@H]1CC[C@@]2(C)C(CC[C@]3(C)C2CCC2C4=C(C(C)C)C(=O)C[C@]4(NC(=O)O[C@@H]4CCN(C)C4)CC[C@]23C)C1(C)C. The van der Waals surface area contributed by atoms with E-state index < -0.39 is 5.54 Å². The third kappa shape index (κ3) is 4.55. The lowest BCUT2D eigenvalue weighted by Gasteiger charge is -2.72. The highest BCUT2D eigenvalue weighted by atomic mass is 16.6. The number of alkyl carbamates (subject to hydrolysis) is 1. The van der Waals surface area contributed by atoms with Crippen molar-refractivity contribution in [2.24, 2.45) is 45.3 Å². The molecule has 4 saturated carbocycles. The van der Waals surface area contributed by atoms with E-state index in [0.29, 0.717) is 18.3 Å². The molecule has 1 N–H and O–H groups in total. The van der Waals surface area contributed by atoms with Crippen molar-refractivity contribution in [3.8, 4) is 0 Å². The number of carbonyl (C=O) groups excluding carboxylic acids is 3. The minimum absolute atomic E-state index is 0.0247. The molecule has 9 atom stereocenters. The number of esters is 1. The Kier molecular flexibility index (Phi) is 7.70. The van der Waals surface area contributed by atoms with Gasteiger partial charge in [0.1, 0.15) is 12.2 Å². The van der Waals surface area contributed by atoms with E-state index >= 15 is 0 Å². The van der Waals surface area contributed by atoms with Crippen LogP contribution in [0, 0.1) is 45.3 Å². The number of hydrogen-bond acceptors (Lipinski definition) is 6. The molecule has 0 aromatic heterocycles. The van der Waals surface area contributed by atoms with Gasteiger partial charge in [0.15, 0.2) is 5.78 Å². The number of fused-ring (bicyclic) bond motifs is 7. The molecule has 0 radical (unpaired) electrons. The second-order valence-corrected chi connectivity index (χ2v) is 17.4. The number of Topliss-reactive ketones (excluding diaryl/α,β-unsaturated/α-hetero) is 1. The number of likely N-dealkylation sites (tertiary alicyclic amines) is 1. The summed E-state index contributed by atoms with van der Waals surface area (Å²) in [5.41, 5.74) is 1.86. The zero-order chi connectivity index (χ0) is 32.0. The minimum Gasteiger partial charge on any atom is -0.462 e. The fourth-order valence-electron chi connectivity index (χ4n) is 12.5. The molecule has 7 nitrogen and oxygen atoms in total. The topological polar surface area (TPSA) is 84.9 Å². The van der Waals surface area contributed by atoms with E-state index in [9.17, 15) is 14.4 Å². The van der Waals surface area contributed by atoms with Crippen molar-refractivity contribution in [3.05, 3.63) is 11.1 Å². The first-order valence-electron chi connectivity index (χ1n) is 17.6. The monoisotopic (exact) mass is 610 g/mol. The summed E-state index contributed by atoms with van der Waals surface area (Å²) in [5.74, 6) is 1.51. The predicted molar refractivity (Wildman–Crippen MR) is 171 cm³/mol. The van der Waals surface area contributed by atoms with Gasteiger partial charge >= 0.3 is 12.1 Å². The molecule has 6 aliphatic rings. The van der Waals surface area contributed by atoms with Crippen molar-refractivity contribution in [1.82, 2.24) is 10.2 Å². The van der Waals surface area contributed by atoms with Gasteiger partial charge in [-0.25, -0.2) is 4.79 Å². The van der Waals surface area contributed by atoms with Gasteiger partial charge < -0.3 is 19.7 Å². The summed E-state index contributed by atoms with van der Waals surface area (Å²) in [6.07, 6.45) is 9.03. The maximum Gasteiger partial charge on any atom is 0.408 e. The molecule has 6 rings (SSSR count). The third-order valence-electron chi connectivity index (χ3n) is 14.6. The van der Waals surface area contributed by atoms with Crippen LogP contribution in [0.1, 0.15) is 120 Å². The number of nitrogens with one attached hydrogen (secondary N) is 1. The van der Waals surface area contributed by atoms with Crippen molar-refractivity contribution in [3.63, 3.8) is 0 Å². The van der Waals surface area contributed by atoms with Crippen LogP contribution < -0.4 is 5.32 Å². The molecule has 1 aliphatic heterocycles. The lowest BCUT2D eigenvalue weighted by Crippen LogP contribution is -2.67. The summed E-state index contributed by atoms with van der Waals surface area (Å²) < 4.78 is 11.9. The van der Waals surface area contributed by atoms with Crippen LogP contribution in [0.4, 0.5) is 4.79 Å². The Morgan fingerprint density at radius 1 is 0.886 bits per heavy atom. The Labute approximate surface area is 265 Å². The Balaban J connectivity index is 1.33. The molecule has 44 heavy (non-hydrogen) atoms. The van der Waals surface area contributed by atoms with E-state index in [1.807, 2.05) is 0 Å². The number of allylic oxidation sites excluding steroid dienone is 1. The van der Waals surface area contributed by atoms with Crippen molar-refractivity contribution in [1.29, 1.82) is 0 Å². The smallest absolute Gasteiger partial charge is 0.408 e. The quantitative estimate of drug-likeness (QED) is 0.343. The Hall–Kier alpha value is -1.89. The van der Waals surface area contributed by atoms with Gasteiger partial charge in [-0.2, -0.15) is 0 Å². The lowest BCUT2D eigenvalue weighted by atomic mass is 9.33. The molecule has 1 heterocycles. The van der Waals surface area contributed by atoms with Crippen molar-refractivity contribution < 1.29 is 23.9 Å². The molecular weight excluding hydrogens is 552 g/mol. The third-order valence-corrected chi connectivity index (χ3v) is 14.6. The summed E-state index contributed by atoms with van der Waals surface area (Å²) in [6.45, 7) is 19.9. The van der Waals surface area contributed by atoms with Crippen LogP contribution in [0.5, 0.6) is 0 Å². The fraction of sp³-hybridized carbons (Fsp3) is 0.865. The van der Waals surface area contributed by atoms with E-state index in [2.05, 4.69) is 65.7 Å². The maximum absolute atomic E-state index is 13.8. The van der Waals surface area contributed by atoms with Gasteiger partial charge in [0.2, 0.25) is 0 Å². The molecule has 0 spiro atoms. The molecule has 5 aliphatic carbocycles. The number of rotatable bonds is 4. The van der Waals surface area contributed by atoms with Crippen LogP contribution in [-0.2, 0) is 19.1 Å². The van der Waals surface area contributed by atoms with Gasteiger partial charge in [0.05, 0.1) is 5.54 Å².